The van der Waals surface area contributed by atoms with Gasteiger partial charge >= 0.3 is 0 Å². The molecule has 2 aliphatic heterocycles. The third-order valence-electron chi connectivity index (χ3n) is 6.77. The SMILES string of the molecule is CC1(C)C[C@@]2(C[C@@H](c3cccc([N+](=O)[O-])c3)N(c3ccccc3)O2)C(=S)N1c1cccc([N+](=O)[O-])c1. The van der Waals surface area contributed by atoms with E-state index in [9.17, 15) is 20.2 Å². The second-order valence-corrected chi connectivity index (χ2v) is 10.1. The van der Waals surface area contributed by atoms with Crippen LogP contribution in [0, 0.1) is 20.2 Å². The summed E-state index contributed by atoms with van der Waals surface area (Å²) in [7, 11) is 0. The number of anilines is 2. The van der Waals surface area contributed by atoms with Gasteiger partial charge in [-0.05, 0) is 37.6 Å². The molecule has 0 radical (unpaired) electrons. The molecule has 0 bridgehead atoms. The quantitative estimate of drug-likeness (QED) is 0.232. The summed E-state index contributed by atoms with van der Waals surface area (Å²) in [6.45, 7) is 4.06. The van der Waals surface area contributed by atoms with Gasteiger partial charge in [0.2, 0.25) is 0 Å². The fourth-order valence-electron chi connectivity index (χ4n) is 5.37. The first-order valence-corrected chi connectivity index (χ1v) is 11.9. The summed E-state index contributed by atoms with van der Waals surface area (Å²) in [5, 5.41) is 24.7. The predicted octanol–water partition coefficient (Wildman–Crippen LogP) is 6.14. The maximum atomic E-state index is 11.5. The minimum Gasteiger partial charge on any atom is -0.328 e. The Morgan fingerprint density at radius 1 is 0.889 bits per heavy atom. The molecule has 0 aromatic heterocycles. The molecule has 5 rings (SSSR count). The van der Waals surface area contributed by atoms with E-state index in [1.54, 1.807) is 23.3 Å². The van der Waals surface area contributed by atoms with Crippen LogP contribution in [-0.2, 0) is 4.84 Å². The third kappa shape index (κ3) is 3.98. The van der Waals surface area contributed by atoms with Gasteiger partial charge in [-0.25, -0.2) is 5.06 Å². The van der Waals surface area contributed by atoms with Gasteiger partial charge in [0.15, 0.2) is 5.60 Å². The number of para-hydroxylation sites is 1. The van der Waals surface area contributed by atoms with Crippen molar-refractivity contribution in [3.63, 3.8) is 0 Å². The molecule has 1 spiro atoms. The first-order valence-electron chi connectivity index (χ1n) is 11.5. The summed E-state index contributed by atoms with van der Waals surface area (Å²) < 4.78 is 0. The first-order chi connectivity index (χ1) is 17.1. The van der Waals surface area contributed by atoms with Gasteiger partial charge in [-0.15, -0.1) is 0 Å². The Hall–Kier alpha value is -3.89. The molecule has 36 heavy (non-hydrogen) atoms. The largest absolute Gasteiger partial charge is 0.328 e. The molecule has 2 heterocycles. The maximum absolute atomic E-state index is 11.5. The number of non-ortho nitro benzene ring substituents is 2. The lowest BCUT2D eigenvalue weighted by Crippen LogP contribution is -2.42. The van der Waals surface area contributed by atoms with Crippen LogP contribution in [-0.4, -0.2) is 26.0 Å². The third-order valence-corrected chi connectivity index (χ3v) is 7.33. The molecule has 2 aliphatic rings. The Bertz CT molecular complexity index is 1370. The van der Waals surface area contributed by atoms with Crippen molar-refractivity contribution >= 4 is 40.0 Å². The summed E-state index contributed by atoms with van der Waals surface area (Å²) in [4.78, 5) is 31.2. The van der Waals surface area contributed by atoms with Gasteiger partial charge in [-0.3, -0.25) is 25.1 Å². The van der Waals surface area contributed by atoms with E-state index in [0.29, 0.717) is 23.5 Å². The lowest BCUT2D eigenvalue weighted by atomic mass is 9.86. The van der Waals surface area contributed by atoms with Crippen LogP contribution in [0.3, 0.4) is 0 Å². The second kappa shape index (κ2) is 8.65. The molecule has 3 aromatic rings. The van der Waals surface area contributed by atoms with Gasteiger partial charge in [0.05, 0.1) is 21.6 Å². The van der Waals surface area contributed by atoms with E-state index in [2.05, 4.69) is 0 Å². The molecular weight excluding hydrogens is 480 g/mol. The van der Waals surface area contributed by atoms with E-state index >= 15 is 0 Å². The van der Waals surface area contributed by atoms with Crippen molar-refractivity contribution in [2.75, 3.05) is 9.96 Å². The van der Waals surface area contributed by atoms with Crippen LogP contribution in [0.4, 0.5) is 22.7 Å². The van der Waals surface area contributed by atoms with Crippen molar-refractivity contribution in [3.05, 3.63) is 105 Å². The van der Waals surface area contributed by atoms with Crippen molar-refractivity contribution in [1.29, 1.82) is 0 Å². The molecule has 2 fully saturated rings. The summed E-state index contributed by atoms with van der Waals surface area (Å²) in [5.74, 6) is 0. The molecule has 3 aromatic carbocycles. The summed E-state index contributed by atoms with van der Waals surface area (Å²) >= 11 is 6.02. The molecule has 0 N–H and O–H groups in total. The predicted molar refractivity (Wildman–Crippen MR) is 140 cm³/mol. The van der Waals surface area contributed by atoms with Gasteiger partial charge in [-0.1, -0.05) is 48.6 Å². The van der Waals surface area contributed by atoms with Gasteiger partial charge < -0.3 is 4.90 Å². The normalized spacial score (nSPS) is 22.8. The number of hydrogen-bond acceptors (Lipinski definition) is 7. The zero-order valence-electron chi connectivity index (χ0n) is 19.7. The number of nitrogens with zero attached hydrogens (tertiary/aromatic N) is 4. The van der Waals surface area contributed by atoms with Gasteiger partial charge in [0, 0.05) is 48.3 Å². The number of hydroxylamine groups is 1. The molecule has 10 heteroatoms. The highest BCUT2D eigenvalue weighted by Gasteiger charge is 2.60. The minimum absolute atomic E-state index is 0.00834. The fourth-order valence-corrected chi connectivity index (χ4v) is 5.91. The number of thiocarbonyl (C=S) groups is 1. The lowest BCUT2D eigenvalue weighted by Gasteiger charge is -2.32. The average Bonchev–Trinajstić information content (AvgIpc) is 3.33. The Kier molecular flexibility index (Phi) is 5.73. The molecule has 184 valence electrons. The molecule has 2 saturated heterocycles. The maximum Gasteiger partial charge on any atom is 0.271 e. The monoisotopic (exact) mass is 504 g/mol. The van der Waals surface area contributed by atoms with E-state index in [1.807, 2.05) is 61.2 Å². The second-order valence-electron chi connectivity index (χ2n) is 9.73. The molecule has 0 saturated carbocycles. The van der Waals surface area contributed by atoms with E-state index in [4.69, 9.17) is 17.1 Å². The average molecular weight is 505 g/mol. The summed E-state index contributed by atoms with van der Waals surface area (Å²) in [6, 6.07) is 22.2. The van der Waals surface area contributed by atoms with Crippen LogP contribution in [0.5, 0.6) is 0 Å². The molecule has 0 amide bonds. The molecule has 2 atom stereocenters. The molecule has 0 unspecified atom stereocenters. The van der Waals surface area contributed by atoms with Crippen LogP contribution in [0.2, 0.25) is 0 Å². The Labute approximate surface area is 213 Å². The number of hydrogen-bond donors (Lipinski definition) is 0. The van der Waals surface area contributed by atoms with Gasteiger partial charge in [0.1, 0.15) is 4.99 Å². The smallest absolute Gasteiger partial charge is 0.271 e. The molecule has 9 nitrogen and oxygen atoms in total. The number of rotatable bonds is 5. The van der Waals surface area contributed by atoms with Crippen molar-refractivity contribution in [1.82, 2.24) is 0 Å². The van der Waals surface area contributed by atoms with Crippen LogP contribution in [0.1, 0.15) is 38.3 Å². The molecule has 0 aliphatic carbocycles. The standard InChI is InChI=1S/C26H24N4O5S/c1-25(2)17-26(24(36)27(25)20-11-7-13-22(15-20)30(33)34)16-23(18-8-6-12-21(14-18)29(31)32)28(35-26)19-9-4-3-5-10-19/h3-15,23H,16-17H2,1-2H3/t23-,26-/m0/s1. The summed E-state index contributed by atoms with van der Waals surface area (Å²) in [6.07, 6.45) is 1.01. The van der Waals surface area contributed by atoms with Gasteiger partial charge in [0.25, 0.3) is 11.4 Å². The fraction of sp³-hybridized carbons (Fsp3) is 0.269. The van der Waals surface area contributed by atoms with E-state index in [1.165, 1.54) is 18.2 Å². The number of nitro benzene ring substituents is 2. The highest BCUT2D eigenvalue weighted by atomic mass is 32.1. The highest BCUT2D eigenvalue weighted by molar-refractivity contribution is 7.80. The van der Waals surface area contributed by atoms with E-state index < -0.39 is 21.0 Å². The minimum atomic E-state index is -0.880. The zero-order valence-corrected chi connectivity index (χ0v) is 20.6. The van der Waals surface area contributed by atoms with Crippen LogP contribution >= 0.6 is 12.2 Å². The Balaban J connectivity index is 1.58. The van der Waals surface area contributed by atoms with Crippen LogP contribution in [0.15, 0.2) is 78.9 Å². The van der Waals surface area contributed by atoms with Crippen molar-refractivity contribution < 1.29 is 14.7 Å². The lowest BCUT2D eigenvalue weighted by molar-refractivity contribution is -0.385. The van der Waals surface area contributed by atoms with Crippen LogP contribution in [0.25, 0.3) is 0 Å². The van der Waals surface area contributed by atoms with E-state index in [0.717, 1.165) is 11.3 Å². The number of benzene rings is 3. The van der Waals surface area contributed by atoms with Crippen LogP contribution < -0.4 is 9.96 Å². The van der Waals surface area contributed by atoms with Gasteiger partial charge in [-0.2, -0.15) is 0 Å². The first kappa shape index (κ1) is 23.8. The molecular formula is C26H24N4O5S. The highest BCUT2D eigenvalue weighted by Crippen LogP contribution is 2.53. The van der Waals surface area contributed by atoms with E-state index in [-0.39, 0.29) is 17.4 Å². The van der Waals surface area contributed by atoms with Crippen molar-refractivity contribution in [2.45, 2.75) is 43.9 Å². The van der Waals surface area contributed by atoms with Crippen molar-refractivity contribution in [2.24, 2.45) is 0 Å². The topological polar surface area (TPSA) is 102 Å². The summed E-state index contributed by atoms with van der Waals surface area (Å²) in [5.41, 5.74) is 0.805. The Morgan fingerprint density at radius 2 is 1.50 bits per heavy atom. The van der Waals surface area contributed by atoms with Crippen molar-refractivity contribution in [3.8, 4) is 0 Å². The Morgan fingerprint density at radius 3 is 2.17 bits per heavy atom. The zero-order chi connectivity index (χ0) is 25.7. The number of nitro groups is 2.